The molecule has 0 atom stereocenters. The highest BCUT2D eigenvalue weighted by Crippen LogP contribution is 2.30. The molecule has 3 rings (SSSR count). The monoisotopic (exact) mass is 376 g/mol. The summed E-state index contributed by atoms with van der Waals surface area (Å²) in [6.07, 6.45) is 2.61. The lowest BCUT2D eigenvalue weighted by molar-refractivity contribution is -0.117. The Kier molecular flexibility index (Phi) is 6.41. The van der Waals surface area contributed by atoms with Crippen LogP contribution in [0.1, 0.15) is 40.7 Å². The van der Waals surface area contributed by atoms with Gasteiger partial charge in [-0.15, -0.1) is 0 Å². The molecule has 0 bridgehead atoms. The van der Waals surface area contributed by atoms with Crippen LogP contribution in [0.3, 0.4) is 0 Å². The molecule has 6 heteroatoms. The molecule has 2 amide bonds. The van der Waals surface area contributed by atoms with Crippen molar-refractivity contribution in [2.75, 3.05) is 18.4 Å². The highest BCUT2D eigenvalue weighted by molar-refractivity contribution is 5.95. The third-order valence-corrected chi connectivity index (χ3v) is 4.70. The van der Waals surface area contributed by atoms with E-state index in [1.165, 1.54) is 0 Å². The maximum atomic E-state index is 12.9. The number of benzene rings is 2. The standard InChI is InChI=1S/C22H24N4O2/c23-11-2-12-26(22(28)19-7-5-16(14-24)6-8-19)15-17-3-1-4-20(13-17)25-21(27)18-9-10-18/h1,3-8,13,18H,2,9-12,15,23H2,(H,25,27). The summed E-state index contributed by atoms with van der Waals surface area (Å²) >= 11 is 0. The summed E-state index contributed by atoms with van der Waals surface area (Å²) in [6.45, 7) is 1.45. The van der Waals surface area contributed by atoms with E-state index in [0.29, 0.717) is 37.2 Å². The van der Waals surface area contributed by atoms with Crippen molar-refractivity contribution in [1.82, 2.24) is 4.90 Å². The van der Waals surface area contributed by atoms with Crippen molar-refractivity contribution in [2.24, 2.45) is 11.7 Å². The second-order valence-corrected chi connectivity index (χ2v) is 7.02. The topological polar surface area (TPSA) is 99.2 Å². The molecular formula is C22H24N4O2. The van der Waals surface area contributed by atoms with Gasteiger partial charge in [0.05, 0.1) is 11.6 Å². The smallest absolute Gasteiger partial charge is 0.254 e. The van der Waals surface area contributed by atoms with Crippen molar-refractivity contribution in [3.63, 3.8) is 0 Å². The zero-order valence-electron chi connectivity index (χ0n) is 15.7. The Morgan fingerprint density at radius 1 is 1.18 bits per heavy atom. The Morgan fingerprint density at radius 2 is 1.93 bits per heavy atom. The lowest BCUT2D eigenvalue weighted by atomic mass is 10.1. The fourth-order valence-corrected chi connectivity index (χ4v) is 2.96. The molecule has 0 saturated heterocycles. The minimum Gasteiger partial charge on any atom is -0.334 e. The summed E-state index contributed by atoms with van der Waals surface area (Å²) in [5.74, 6) is 0.0961. The van der Waals surface area contributed by atoms with Gasteiger partial charge >= 0.3 is 0 Å². The van der Waals surface area contributed by atoms with E-state index in [9.17, 15) is 9.59 Å². The number of hydrogen-bond donors (Lipinski definition) is 2. The van der Waals surface area contributed by atoms with Crippen LogP contribution in [0.15, 0.2) is 48.5 Å². The van der Waals surface area contributed by atoms with Crippen LogP contribution in [0.5, 0.6) is 0 Å². The number of carbonyl (C=O) groups is 2. The van der Waals surface area contributed by atoms with Crippen LogP contribution < -0.4 is 11.1 Å². The molecule has 0 radical (unpaired) electrons. The van der Waals surface area contributed by atoms with Crippen LogP contribution >= 0.6 is 0 Å². The number of nitrogens with two attached hydrogens (primary N) is 1. The lowest BCUT2D eigenvalue weighted by Gasteiger charge is -2.23. The van der Waals surface area contributed by atoms with Crippen LogP contribution in [-0.2, 0) is 11.3 Å². The van der Waals surface area contributed by atoms with Crippen molar-refractivity contribution >= 4 is 17.5 Å². The Morgan fingerprint density at radius 3 is 2.57 bits per heavy atom. The van der Waals surface area contributed by atoms with Gasteiger partial charge in [-0.2, -0.15) is 5.26 Å². The van der Waals surface area contributed by atoms with E-state index >= 15 is 0 Å². The maximum Gasteiger partial charge on any atom is 0.254 e. The second-order valence-electron chi connectivity index (χ2n) is 7.02. The van der Waals surface area contributed by atoms with Crippen molar-refractivity contribution in [1.29, 1.82) is 5.26 Å². The van der Waals surface area contributed by atoms with Crippen LogP contribution in [0.2, 0.25) is 0 Å². The molecule has 0 spiro atoms. The molecule has 2 aromatic carbocycles. The molecule has 0 heterocycles. The fraction of sp³-hybridized carbons (Fsp3) is 0.318. The minimum absolute atomic E-state index is 0.0609. The summed E-state index contributed by atoms with van der Waals surface area (Å²) in [4.78, 5) is 26.7. The summed E-state index contributed by atoms with van der Waals surface area (Å²) in [7, 11) is 0. The first-order valence-corrected chi connectivity index (χ1v) is 9.50. The molecule has 1 saturated carbocycles. The summed E-state index contributed by atoms with van der Waals surface area (Å²) in [5, 5.41) is 11.9. The number of carbonyl (C=O) groups excluding carboxylic acids is 2. The van der Waals surface area contributed by atoms with Gasteiger partial charge in [-0.05, 0) is 67.8 Å². The van der Waals surface area contributed by atoms with Crippen molar-refractivity contribution in [2.45, 2.75) is 25.8 Å². The molecule has 1 fully saturated rings. The Balaban J connectivity index is 1.73. The van der Waals surface area contributed by atoms with Gasteiger partial charge in [0.2, 0.25) is 5.91 Å². The number of hydrogen-bond acceptors (Lipinski definition) is 4. The van der Waals surface area contributed by atoms with E-state index in [-0.39, 0.29) is 17.7 Å². The van der Waals surface area contributed by atoms with Crippen LogP contribution in [0, 0.1) is 17.2 Å². The number of nitrogens with zero attached hydrogens (tertiary/aromatic N) is 2. The Bertz CT molecular complexity index is 882. The maximum absolute atomic E-state index is 12.9. The fourth-order valence-electron chi connectivity index (χ4n) is 2.96. The number of rotatable bonds is 8. The van der Waals surface area contributed by atoms with Gasteiger partial charge < -0.3 is 16.0 Å². The van der Waals surface area contributed by atoms with Crippen molar-refractivity contribution < 1.29 is 9.59 Å². The minimum atomic E-state index is -0.106. The van der Waals surface area contributed by atoms with E-state index in [0.717, 1.165) is 24.1 Å². The second kappa shape index (κ2) is 9.16. The van der Waals surface area contributed by atoms with Crippen molar-refractivity contribution in [3.8, 4) is 6.07 Å². The average molecular weight is 376 g/mol. The molecule has 144 valence electrons. The van der Waals surface area contributed by atoms with E-state index in [2.05, 4.69) is 11.4 Å². The van der Waals surface area contributed by atoms with E-state index in [1.54, 1.807) is 29.2 Å². The molecule has 6 nitrogen and oxygen atoms in total. The van der Waals surface area contributed by atoms with Gasteiger partial charge in [-0.1, -0.05) is 12.1 Å². The van der Waals surface area contributed by atoms with Crippen LogP contribution in [0.4, 0.5) is 5.69 Å². The third kappa shape index (κ3) is 5.18. The molecule has 28 heavy (non-hydrogen) atoms. The number of nitrogens with one attached hydrogen (secondary N) is 1. The highest BCUT2D eigenvalue weighted by atomic mass is 16.2. The molecule has 3 N–H and O–H groups in total. The van der Waals surface area contributed by atoms with E-state index in [4.69, 9.17) is 11.0 Å². The predicted molar refractivity (Wildman–Crippen MR) is 107 cm³/mol. The zero-order chi connectivity index (χ0) is 19.9. The van der Waals surface area contributed by atoms with Crippen molar-refractivity contribution in [3.05, 3.63) is 65.2 Å². The van der Waals surface area contributed by atoms with E-state index < -0.39 is 0 Å². The quantitative estimate of drug-likeness (QED) is 0.740. The highest BCUT2D eigenvalue weighted by Gasteiger charge is 2.29. The third-order valence-electron chi connectivity index (χ3n) is 4.70. The molecule has 0 unspecified atom stereocenters. The van der Waals surface area contributed by atoms with Gasteiger partial charge in [0.25, 0.3) is 5.91 Å². The first-order valence-electron chi connectivity index (χ1n) is 9.50. The summed E-state index contributed by atoms with van der Waals surface area (Å²) < 4.78 is 0. The van der Waals surface area contributed by atoms with Crippen LogP contribution in [0.25, 0.3) is 0 Å². The molecule has 2 aromatic rings. The normalized spacial score (nSPS) is 12.9. The molecular weight excluding hydrogens is 352 g/mol. The Hall–Kier alpha value is -3.17. The largest absolute Gasteiger partial charge is 0.334 e. The van der Waals surface area contributed by atoms with Gasteiger partial charge in [-0.3, -0.25) is 9.59 Å². The van der Waals surface area contributed by atoms with Gasteiger partial charge in [0.15, 0.2) is 0 Å². The Labute approximate surface area is 164 Å². The van der Waals surface area contributed by atoms with Gasteiger partial charge in [0, 0.05) is 30.3 Å². The van der Waals surface area contributed by atoms with Gasteiger partial charge in [0.1, 0.15) is 0 Å². The van der Waals surface area contributed by atoms with Gasteiger partial charge in [-0.25, -0.2) is 0 Å². The number of nitriles is 1. The zero-order valence-corrected chi connectivity index (χ0v) is 15.7. The van der Waals surface area contributed by atoms with Crippen LogP contribution in [-0.4, -0.2) is 29.8 Å². The molecule has 0 aliphatic heterocycles. The molecule has 0 aromatic heterocycles. The summed E-state index contributed by atoms with van der Waals surface area (Å²) in [6, 6.07) is 16.3. The van der Waals surface area contributed by atoms with E-state index in [1.807, 2.05) is 24.3 Å². The molecule has 1 aliphatic carbocycles. The first-order chi connectivity index (χ1) is 13.6. The number of anilines is 1. The lowest BCUT2D eigenvalue weighted by Crippen LogP contribution is -2.32. The first kappa shape index (κ1) is 19.6. The SMILES string of the molecule is N#Cc1ccc(C(=O)N(CCCN)Cc2cccc(NC(=O)C3CC3)c2)cc1. The summed E-state index contributed by atoms with van der Waals surface area (Å²) in [5.41, 5.74) is 8.38. The average Bonchev–Trinajstić information content (AvgIpc) is 3.56. The predicted octanol–water partition coefficient (Wildman–Crippen LogP) is 2.90. The number of amides is 2. The molecule has 1 aliphatic rings.